The fourth-order valence-corrected chi connectivity index (χ4v) is 2.73. The van der Waals surface area contributed by atoms with Crippen LogP contribution in [-0.4, -0.2) is 23.6 Å². The molecule has 2 aromatic carbocycles. The quantitative estimate of drug-likeness (QED) is 0.758. The zero-order valence-corrected chi connectivity index (χ0v) is 15.6. The van der Waals surface area contributed by atoms with Crippen molar-refractivity contribution in [3.05, 3.63) is 59.2 Å². The van der Waals surface area contributed by atoms with Gasteiger partial charge in [-0.2, -0.15) is 0 Å². The number of aliphatic carboxylic acids is 1. The lowest BCUT2D eigenvalue weighted by molar-refractivity contribution is -0.139. The monoisotopic (exact) mass is 355 g/mol. The second kappa shape index (κ2) is 8.52. The Morgan fingerprint density at radius 1 is 0.962 bits per heavy atom. The molecule has 26 heavy (non-hydrogen) atoms. The van der Waals surface area contributed by atoms with Gasteiger partial charge in [0.1, 0.15) is 5.75 Å². The van der Waals surface area contributed by atoms with E-state index in [4.69, 9.17) is 9.84 Å². The number of carbonyl (C=O) groups is 2. The van der Waals surface area contributed by atoms with Crippen molar-refractivity contribution in [2.45, 2.75) is 39.5 Å². The number of hydrogen-bond acceptors (Lipinski definition) is 3. The molecule has 5 nitrogen and oxygen atoms in total. The zero-order valence-electron chi connectivity index (χ0n) is 15.6. The first-order valence-electron chi connectivity index (χ1n) is 8.68. The van der Waals surface area contributed by atoms with Crippen molar-refractivity contribution < 1.29 is 19.4 Å². The van der Waals surface area contributed by atoms with Gasteiger partial charge in [0.25, 0.3) is 5.91 Å². The van der Waals surface area contributed by atoms with Crippen molar-refractivity contribution in [3.63, 3.8) is 0 Å². The van der Waals surface area contributed by atoms with Gasteiger partial charge in [-0.15, -0.1) is 0 Å². The maximum atomic E-state index is 12.7. The van der Waals surface area contributed by atoms with E-state index in [0.717, 1.165) is 16.8 Å². The SMILES string of the molecule is CC(C)c1cccc(C(C)C)c1NC(=O)c1ccc(OCC(=O)O)cc1. The number of para-hydroxylation sites is 1. The van der Waals surface area contributed by atoms with E-state index in [0.29, 0.717) is 11.3 Å². The van der Waals surface area contributed by atoms with Crippen molar-refractivity contribution in [1.82, 2.24) is 0 Å². The fraction of sp³-hybridized carbons (Fsp3) is 0.333. The van der Waals surface area contributed by atoms with E-state index in [9.17, 15) is 9.59 Å². The summed E-state index contributed by atoms with van der Waals surface area (Å²) in [7, 11) is 0. The number of carbonyl (C=O) groups excluding carboxylic acids is 1. The third kappa shape index (κ3) is 4.85. The van der Waals surface area contributed by atoms with Crippen LogP contribution in [0.15, 0.2) is 42.5 Å². The van der Waals surface area contributed by atoms with Gasteiger partial charge in [-0.25, -0.2) is 4.79 Å². The Balaban J connectivity index is 2.23. The average Bonchev–Trinajstić information content (AvgIpc) is 2.60. The minimum absolute atomic E-state index is 0.204. The van der Waals surface area contributed by atoms with E-state index in [-0.39, 0.29) is 17.7 Å². The molecule has 0 aliphatic rings. The van der Waals surface area contributed by atoms with Crippen LogP contribution in [0.4, 0.5) is 5.69 Å². The largest absolute Gasteiger partial charge is 0.482 e. The number of amides is 1. The highest BCUT2D eigenvalue weighted by atomic mass is 16.5. The molecule has 0 aromatic heterocycles. The van der Waals surface area contributed by atoms with Gasteiger partial charge in [0, 0.05) is 11.3 Å². The van der Waals surface area contributed by atoms with Crippen LogP contribution < -0.4 is 10.1 Å². The summed E-state index contributed by atoms with van der Waals surface area (Å²) in [5.74, 6) is -0.260. The summed E-state index contributed by atoms with van der Waals surface area (Å²) < 4.78 is 5.09. The number of anilines is 1. The molecule has 2 rings (SSSR count). The lowest BCUT2D eigenvalue weighted by Crippen LogP contribution is -2.16. The summed E-state index contributed by atoms with van der Waals surface area (Å²) in [4.78, 5) is 23.2. The number of benzene rings is 2. The average molecular weight is 355 g/mol. The number of rotatable bonds is 7. The van der Waals surface area contributed by atoms with Crippen LogP contribution in [-0.2, 0) is 4.79 Å². The Kier molecular flexibility index (Phi) is 6.39. The van der Waals surface area contributed by atoms with Crippen LogP contribution in [0.25, 0.3) is 0 Å². The molecule has 138 valence electrons. The van der Waals surface area contributed by atoms with Crippen LogP contribution >= 0.6 is 0 Å². The summed E-state index contributed by atoms with van der Waals surface area (Å²) in [6.07, 6.45) is 0. The summed E-state index contributed by atoms with van der Waals surface area (Å²) in [5, 5.41) is 11.7. The highest BCUT2D eigenvalue weighted by Gasteiger charge is 2.16. The van der Waals surface area contributed by atoms with E-state index in [1.54, 1.807) is 24.3 Å². The highest BCUT2D eigenvalue weighted by molar-refractivity contribution is 6.05. The maximum absolute atomic E-state index is 12.7. The smallest absolute Gasteiger partial charge is 0.341 e. The first-order valence-corrected chi connectivity index (χ1v) is 8.68. The molecule has 0 aliphatic heterocycles. The standard InChI is InChI=1S/C21H25NO4/c1-13(2)17-6-5-7-18(14(3)4)20(17)22-21(25)15-8-10-16(11-9-15)26-12-19(23)24/h5-11,13-14H,12H2,1-4H3,(H,22,25)(H,23,24). The molecule has 0 bridgehead atoms. The number of nitrogens with one attached hydrogen (secondary N) is 1. The molecule has 0 fully saturated rings. The van der Waals surface area contributed by atoms with Crippen LogP contribution in [0, 0.1) is 0 Å². The van der Waals surface area contributed by atoms with Crippen LogP contribution in [0.5, 0.6) is 5.75 Å². The Morgan fingerprint density at radius 2 is 1.50 bits per heavy atom. The van der Waals surface area contributed by atoms with E-state index in [2.05, 4.69) is 33.0 Å². The van der Waals surface area contributed by atoms with Gasteiger partial charge in [0.05, 0.1) is 0 Å². The minimum atomic E-state index is -1.04. The Labute approximate surface area is 154 Å². The molecule has 0 radical (unpaired) electrons. The molecular formula is C21H25NO4. The molecule has 0 saturated carbocycles. The molecule has 5 heteroatoms. The third-order valence-corrected chi connectivity index (χ3v) is 4.09. The van der Waals surface area contributed by atoms with Crippen molar-refractivity contribution in [1.29, 1.82) is 0 Å². The summed E-state index contributed by atoms with van der Waals surface area (Å²) in [5.41, 5.74) is 3.56. The second-order valence-electron chi connectivity index (χ2n) is 6.78. The van der Waals surface area contributed by atoms with Gasteiger partial charge in [-0.05, 0) is 47.2 Å². The Morgan fingerprint density at radius 3 is 1.96 bits per heavy atom. The Bertz CT molecular complexity index is 753. The van der Waals surface area contributed by atoms with E-state index in [1.807, 2.05) is 18.2 Å². The maximum Gasteiger partial charge on any atom is 0.341 e. The van der Waals surface area contributed by atoms with Crippen LogP contribution in [0.1, 0.15) is 61.0 Å². The number of ether oxygens (including phenoxy) is 1. The topological polar surface area (TPSA) is 75.6 Å². The van der Waals surface area contributed by atoms with Crippen LogP contribution in [0.2, 0.25) is 0 Å². The van der Waals surface area contributed by atoms with Gasteiger partial charge in [-0.3, -0.25) is 4.79 Å². The predicted molar refractivity (Wildman–Crippen MR) is 102 cm³/mol. The molecule has 2 N–H and O–H groups in total. The molecule has 1 amide bonds. The lowest BCUT2D eigenvalue weighted by Gasteiger charge is -2.20. The lowest BCUT2D eigenvalue weighted by atomic mass is 9.92. The highest BCUT2D eigenvalue weighted by Crippen LogP contribution is 2.32. The van der Waals surface area contributed by atoms with Gasteiger partial charge < -0.3 is 15.2 Å². The van der Waals surface area contributed by atoms with Gasteiger partial charge in [0.15, 0.2) is 6.61 Å². The zero-order chi connectivity index (χ0) is 19.3. The van der Waals surface area contributed by atoms with Gasteiger partial charge >= 0.3 is 5.97 Å². The molecular weight excluding hydrogens is 330 g/mol. The minimum Gasteiger partial charge on any atom is -0.482 e. The first kappa shape index (κ1) is 19.5. The molecule has 0 aliphatic carbocycles. The van der Waals surface area contributed by atoms with Gasteiger partial charge in [0.2, 0.25) is 0 Å². The summed E-state index contributed by atoms with van der Waals surface area (Å²) in [6.45, 7) is 7.99. The van der Waals surface area contributed by atoms with Crippen molar-refractivity contribution >= 4 is 17.6 Å². The third-order valence-electron chi connectivity index (χ3n) is 4.09. The van der Waals surface area contributed by atoms with E-state index >= 15 is 0 Å². The van der Waals surface area contributed by atoms with Crippen molar-refractivity contribution in [2.75, 3.05) is 11.9 Å². The molecule has 0 atom stereocenters. The van der Waals surface area contributed by atoms with Gasteiger partial charge in [-0.1, -0.05) is 45.9 Å². The molecule has 0 unspecified atom stereocenters. The second-order valence-corrected chi connectivity index (χ2v) is 6.78. The fourth-order valence-electron chi connectivity index (χ4n) is 2.73. The number of carboxylic acid groups (broad SMARTS) is 1. The number of carboxylic acids is 1. The molecule has 0 spiro atoms. The number of hydrogen-bond donors (Lipinski definition) is 2. The van der Waals surface area contributed by atoms with Crippen molar-refractivity contribution in [2.24, 2.45) is 0 Å². The van der Waals surface area contributed by atoms with E-state index in [1.165, 1.54) is 0 Å². The Hall–Kier alpha value is -2.82. The predicted octanol–water partition coefficient (Wildman–Crippen LogP) is 4.65. The molecule has 0 saturated heterocycles. The summed E-state index contributed by atoms with van der Waals surface area (Å²) >= 11 is 0. The van der Waals surface area contributed by atoms with Crippen LogP contribution in [0.3, 0.4) is 0 Å². The molecule has 2 aromatic rings. The normalized spacial score (nSPS) is 10.8. The van der Waals surface area contributed by atoms with Crippen molar-refractivity contribution in [3.8, 4) is 5.75 Å². The first-order chi connectivity index (χ1) is 12.3. The molecule has 0 heterocycles. The van der Waals surface area contributed by atoms with E-state index < -0.39 is 12.6 Å². The summed E-state index contributed by atoms with van der Waals surface area (Å²) in [6, 6.07) is 12.5.